The van der Waals surface area contributed by atoms with Crippen LogP contribution < -0.4 is 0 Å². The Bertz CT molecular complexity index is 780. The minimum atomic E-state index is -3.40. The van der Waals surface area contributed by atoms with Crippen molar-refractivity contribution in [2.24, 2.45) is 5.41 Å². The first-order valence-corrected chi connectivity index (χ1v) is 9.76. The quantitative estimate of drug-likeness (QED) is 0.773. The summed E-state index contributed by atoms with van der Waals surface area (Å²) in [4.78, 5) is 14.0. The lowest BCUT2D eigenvalue weighted by Gasteiger charge is -2.52. The van der Waals surface area contributed by atoms with Gasteiger partial charge in [-0.2, -0.15) is 5.10 Å². The summed E-state index contributed by atoms with van der Waals surface area (Å²) in [6.07, 6.45) is 4.01. The highest BCUT2D eigenvalue weighted by atomic mass is 32.2. The van der Waals surface area contributed by atoms with Gasteiger partial charge in [0.1, 0.15) is 10.9 Å². The highest BCUT2D eigenvalue weighted by Gasteiger charge is 2.57. The van der Waals surface area contributed by atoms with Gasteiger partial charge in [0.05, 0.1) is 44.4 Å². The number of ether oxygens (including phenoxy) is 1. The minimum absolute atomic E-state index is 0.0448. The zero-order valence-corrected chi connectivity index (χ0v) is 14.3. The summed E-state index contributed by atoms with van der Waals surface area (Å²) in [6, 6.07) is 0. The van der Waals surface area contributed by atoms with E-state index in [2.05, 4.69) is 5.10 Å². The predicted molar refractivity (Wildman–Crippen MR) is 82.4 cm³/mol. The number of rotatable bonds is 3. The summed E-state index contributed by atoms with van der Waals surface area (Å²) in [6.45, 7) is 2.73. The second-order valence-corrected chi connectivity index (χ2v) is 9.81. The van der Waals surface area contributed by atoms with Gasteiger partial charge in [0.15, 0.2) is 15.7 Å². The van der Waals surface area contributed by atoms with Gasteiger partial charge in [0, 0.05) is 5.41 Å². The number of hydrogen-bond donors (Lipinski definition) is 0. The van der Waals surface area contributed by atoms with Crippen LogP contribution in [0.15, 0.2) is 12.4 Å². The number of halogens is 1. The molecule has 1 atom stereocenters. The van der Waals surface area contributed by atoms with Crippen LogP contribution in [0.2, 0.25) is 0 Å². The van der Waals surface area contributed by atoms with Crippen LogP contribution in [0.5, 0.6) is 0 Å². The van der Waals surface area contributed by atoms with E-state index < -0.39 is 26.5 Å². The Morgan fingerprint density at radius 2 is 2.17 bits per heavy atom. The van der Waals surface area contributed by atoms with E-state index in [4.69, 9.17) is 4.74 Å². The van der Waals surface area contributed by atoms with Gasteiger partial charge in [-0.25, -0.2) is 12.8 Å². The Balaban J connectivity index is 1.40. The maximum absolute atomic E-state index is 13.0. The Morgan fingerprint density at radius 3 is 2.71 bits per heavy atom. The maximum atomic E-state index is 13.0. The Labute approximate surface area is 139 Å². The zero-order chi connectivity index (χ0) is 17.2. The number of carbonyl (C=O) groups excluding carboxylic acids is 1. The van der Waals surface area contributed by atoms with Crippen molar-refractivity contribution in [2.75, 3.05) is 25.4 Å². The summed E-state index contributed by atoms with van der Waals surface area (Å²) < 4.78 is 45.2. The first kappa shape index (κ1) is 16.0. The molecule has 9 heteroatoms. The van der Waals surface area contributed by atoms with E-state index in [0.29, 0.717) is 13.1 Å². The van der Waals surface area contributed by atoms with Crippen LogP contribution in [0.1, 0.15) is 19.8 Å². The molecule has 0 aromatic carbocycles. The van der Waals surface area contributed by atoms with Gasteiger partial charge in [0.2, 0.25) is 5.91 Å². The molecule has 4 rings (SSSR count). The maximum Gasteiger partial charge on any atom is 0.228 e. The third-order valence-corrected chi connectivity index (χ3v) is 7.53. The van der Waals surface area contributed by atoms with Crippen LogP contribution in [0.25, 0.3) is 0 Å². The molecule has 1 amide bonds. The van der Waals surface area contributed by atoms with E-state index in [-0.39, 0.29) is 30.2 Å². The number of carbonyl (C=O) groups is 1. The number of nitrogens with zero attached hydrogens (tertiary/aromatic N) is 3. The monoisotopic (exact) mass is 357 g/mol. The number of hydrogen-bond acceptors (Lipinski definition) is 5. The molecule has 1 saturated carbocycles. The fourth-order valence-electron chi connectivity index (χ4n) is 3.47. The van der Waals surface area contributed by atoms with E-state index >= 15 is 0 Å². The molecule has 1 aromatic heterocycles. The number of likely N-dealkylation sites (tertiary alicyclic amines) is 1. The summed E-state index contributed by atoms with van der Waals surface area (Å²) in [5, 5.41) is 3.04. The largest absolute Gasteiger partial charge is 0.369 e. The fourth-order valence-corrected chi connectivity index (χ4v) is 5.36. The molecular weight excluding hydrogens is 337 g/mol. The van der Waals surface area contributed by atoms with Gasteiger partial charge >= 0.3 is 0 Å². The van der Waals surface area contributed by atoms with Crippen molar-refractivity contribution in [3.05, 3.63) is 18.2 Å². The second kappa shape index (κ2) is 5.01. The molecule has 1 spiro atoms. The van der Waals surface area contributed by atoms with Crippen molar-refractivity contribution in [1.29, 1.82) is 0 Å². The van der Waals surface area contributed by atoms with E-state index in [1.165, 1.54) is 10.9 Å². The molecule has 0 bridgehead atoms. The van der Waals surface area contributed by atoms with E-state index in [1.807, 2.05) is 6.92 Å². The van der Waals surface area contributed by atoms with E-state index in [9.17, 15) is 17.6 Å². The average molecular weight is 357 g/mol. The van der Waals surface area contributed by atoms with Crippen molar-refractivity contribution in [3.8, 4) is 0 Å². The van der Waals surface area contributed by atoms with Crippen LogP contribution in [0, 0.1) is 11.2 Å². The van der Waals surface area contributed by atoms with Crippen molar-refractivity contribution in [3.63, 3.8) is 0 Å². The molecule has 1 aromatic rings. The van der Waals surface area contributed by atoms with Crippen molar-refractivity contribution in [1.82, 2.24) is 14.7 Å². The smallest absolute Gasteiger partial charge is 0.228 e. The Morgan fingerprint density at radius 1 is 1.46 bits per heavy atom. The zero-order valence-electron chi connectivity index (χ0n) is 13.4. The Hall–Kier alpha value is -1.48. The van der Waals surface area contributed by atoms with Crippen LogP contribution in [-0.2, 0) is 25.9 Å². The second-order valence-electron chi connectivity index (χ2n) is 7.53. The van der Waals surface area contributed by atoms with E-state index in [1.54, 1.807) is 4.90 Å². The van der Waals surface area contributed by atoms with Gasteiger partial charge in [-0.05, 0) is 12.8 Å². The molecule has 132 valence electrons. The first-order chi connectivity index (χ1) is 11.2. The van der Waals surface area contributed by atoms with E-state index in [0.717, 1.165) is 19.0 Å². The fraction of sp³-hybridized carbons (Fsp3) is 0.733. The third-order valence-electron chi connectivity index (χ3n) is 5.30. The topological polar surface area (TPSA) is 81.5 Å². The van der Waals surface area contributed by atoms with Crippen molar-refractivity contribution >= 4 is 15.7 Å². The third kappa shape index (κ3) is 2.63. The number of aromatic nitrogens is 2. The molecule has 1 aliphatic carbocycles. The molecule has 0 unspecified atom stereocenters. The first-order valence-electron chi connectivity index (χ1n) is 8.04. The van der Waals surface area contributed by atoms with Crippen LogP contribution in [0.3, 0.4) is 0 Å². The normalized spacial score (nSPS) is 29.2. The number of amides is 1. The molecular formula is C15H20FN3O4S. The highest BCUT2D eigenvalue weighted by Crippen LogP contribution is 2.48. The molecule has 3 fully saturated rings. The van der Waals surface area contributed by atoms with Gasteiger partial charge in [-0.1, -0.05) is 6.92 Å². The molecule has 0 radical (unpaired) electrons. The van der Waals surface area contributed by atoms with Gasteiger partial charge in [0.25, 0.3) is 0 Å². The lowest BCUT2D eigenvalue weighted by atomic mass is 9.93. The van der Waals surface area contributed by atoms with Crippen LogP contribution in [-0.4, -0.2) is 65.3 Å². The summed E-state index contributed by atoms with van der Waals surface area (Å²) in [5.74, 6) is -0.500. The van der Waals surface area contributed by atoms with Gasteiger partial charge in [-0.3, -0.25) is 9.48 Å². The molecule has 3 heterocycles. The van der Waals surface area contributed by atoms with Crippen LogP contribution in [0.4, 0.5) is 4.39 Å². The Kier molecular flexibility index (Phi) is 3.34. The van der Waals surface area contributed by atoms with Gasteiger partial charge in [-0.15, -0.1) is 0 Å². The molecule has 0 N–H and O–H groups in total. The molecule has 24 heavy (non-hydrogen) atoms. The standard InChI is InChI=1S/C15H20FN3O4S/c1-14(2-3-14)13(20)18-8-15(9-18)10-24(21,22)12(7-23-15)6-19-5-11(16)4-17-19/h4-5,12H,2-3,6-10H2,1H3/t12-/m0/s1. The van der Waals surface area contributed by atoms with Gasteiger partial charge < -0.3 is 9.64 Å². The van der Waals surface area contributed by atoms with Crippen LogP contribution >= 0.6 is 0 Å². The molecule has 7 nitrogen and oxygen atoms in total. The SMILES string of the molecule is CC1(C(=O)N2CC3(C2)CS(=O)(=O)[C@@H](Cn2cc(F)cn2)CO3)CC1. The minimum Gasteiger partial charge on any atom is -0.369 e. The van der Waals surface area contributed by atoms with Crippen molar-refractivity contribution in [2.45, 2.75) is 37.2 Å². The lowest BCUT2D eigenvalue weighted by Crippen LogP contribution is -2.71. The summed E-state index contributed by atoms with van der Waals surface area (Å²) in [5.41, 5.74) is -1.02. The van der Waals surface area contributed by atoms with Crippen molar-refractivity contribution < 1.29 is 22.3 Å². The number of sulfone groups is 1. The molecule has 3 aliphatic rings. The molecule has 2 aliphatic heterocycles. The average Bonchev–Trinajstić information content (AvgIpc) is 3.09. The molecule has 2 saturated heterocycles. The summed E-state index contributed by atoms with van der Waals surface area (Å²) in [7, 11) is -3.40. The predicted octanol–water partition coefficient (Wildman–Crippen LogP) is 0.217. The highest BCUT2D eigenvalue weighted by molar-refractivity contribution is 7.92. The lowest BCUT2D eigenvalue weighted by molar-refractivity contribution is -0.169. The summed E-state index contributed by atoms with van der Waals surface area (Å²) >= 11 is 0.